The van der Waals surface area contributed by atoms with Crippen LogP contribution >= 0.6 is 11.3 Å². The molecule has 1 aromatic heterocycles. The number of carbonyl (C=O) groups is 2. The standard InChI is InChI=1S/C17H21N3O4S2/c1-13(21)19-14-5-7-16(8-6-14)26(23,24)20(2)12-17(22)18-10-9-15-4-3-11-25-15/h3-8,11H,9-10,12H2,1-2H3,(H,18,22)(H,19,21). The van der Waals surface area contributed by atoms with Crippen LogP contribution < -0.4 is 10.6 Å². The average Bonchev–Trinajstić information content (AvgIpc) is 3.08. The van der Waals surface area contributed by atoms with Crippen molar-refractivity contribution >= 4 is 38.9 Å². The summed E-state index contributed by atoms with van der Waals surface area (Å²) in [5, 5.41) is 7.26. The van der Waals surface area contributed by atoms with Crippen molar-refractivity contribution in [2.45, 2.75) is 18.2 Å². The number of nitrogens with zero attached hydrogens (tertiary/aromatic N) is 1. The van der Waals surface area contributed by atoms with E-state index < -0.39 is 10.0 Å². The van der Waals surface area contributed by atoms with Crippen LogP contribution in [0.3, 0.4) is 0 Å². The van der Waals surface area contributed by atoms with E-state index in [1.165, 1.54) is 38.2 Å². The summed E-state index contributed by atoms with van der Waals surface area (Å²) < 4.78 is 26.0. The minimum absolute atomic E-state index is 0.0560. The number of thiophene rings is 1. The minimum atomic E-state index is -3.79. The quantitative estimate of drug-likeness (QED) is 0.711. The van der Waals surface area contributed by atoms with Crippen LogP contribution in [0.5, 0.6) is 0 Å². The molecule has 140 valence electrons. The number of sulfonamides is 1. The Bertz CT molecular complexity index is 847. The number of amides is 2. The second kappa shape index (κ2) is 8.93. The predicted octanol–water partition coefficient (Wildman–Crippen LogP) is 1.69. The highest BCUT2D eigenvalue weighted by Gasteiger charge is 2.22. The molecule has 0 saturated carbocycles. The smallest absolute Gasteiger partial charge is 0.243 e. The molecule has 7 nitrogen and oxygen atoms in total. The van der Waals surface area contributed by atoms with E-state index in [0.29, 0.717) is 18.7 Å². The fraction of sp³-hybridized carbons (Fsp3) is 0.294. The maximum atomic E-state index is 12.5. The Morgan fingerprint density at radius 1 is 1.15 bits per heavy atom. The Labute approximate surface area is 157 Å². The van der Waals surface area contributed by atoms with Gasteiger partial charge in [-0.1, -0.05) is 6.07 Å². The van der Waals surface area contributed by atoms with Crippen LogP contribution in [0.15, 0.2) is 46.7 Å². The van der Waals surface area contributed by atoms with Crippen LogP contribution in [-0.4, -0.2) is 44.7 Å². The summed E-state index contributed by atoms with van der Waals surface area (Å²) in [4.78, 5) is 24.2. The number of likely N-dealkylation sites (N-methyl/N-ethyl adjacent to an activating group) is 1. The van der Waals surface area contributed by atoms with E-state index >= 15 is 0 Å². The molecule has 0 aliphatic rings. The Kier molecular flexibility index (Phi) is 6.90. The fourth-order valence-electron chi connectivity index (χ4n) is 2.22. The maximum Gasteiger partial charge on any atom is 0.243 e. The highest BCUT2D eigenvalue weighted by atomic mass is 32.2. The van der Waals surface area contributed by atoms with Crippen molar-refractivity contribution in [2.75, 3.05) is 25.5 Å². The number of carbonyl (C=O) groups excluding carboxylic acids is 2. The summed E-state index contributed by atoms with van der Waals surface area (Å²) in [6.07, 6.45) is 0.713. The SMILES string of the molecule is CC(=O)Nc1ccc(S(=O)(=O)N(C)CC(=O)NCCc2cccs2)cc1. The summed E-state index contributed by atoms with van der Waals surface area (Å²) in [5.41, 5.74) is 0.505. The highest BCUT2D eigenvalue weighted by Crippen LogP contribution is 2.17. The molecule has 2 rings (SSSR count). The minimum Gasteiger partial charge on any atom is -0.355 e. The Morgan fingerprint density at radius 2 is 1.85 bits per heavy atom. The van der Waals surface area contributed by atoms with Crippen molar-refractivity contribution in [3.8, 4) is 0 Å². The van der Waals surface area contributed by atoms with Crippen LogP contribution in [-0.2, 0) is 26.0 Å². The third-order valence-corrected chi connectivity index (χ3v) is 6.28. The normalized spacial score (nSPS) is 11.3. The van der Waals surface area contributed by atoms with Gasteiger partial charge in [-0.3, -0.25) is 9.59 Å². The summed E-state index contributed by atoms with van der Waals surface area (Å²) in [6.45, 7) is 1.56. The summed E-state index contributed by atoms with van der Waals surface area (Å²) >= 11 is 1.61. The lowest BCUT2D eigenvalue weighted by Crippen LogP contribution is -2.38. The second-order valence-electron chi connectivity index (χ2n) is 5.65. The van der Waals surface area contributed by atoms with E-state index in [-0.39, 0.29) is 23.3 Å². The molecule has 26 heavy (non-hydrogen) atoms. The van der Waals surface area contributed by atoms with Gasteiger partial charge in [0.25, 0.3) is 0 Å². The lowest BCUT2D eigenvalue weighted by atomic mass is 10.3. The van der Waals surface area contributed by atoms with Gasteiger partial charge >= 0.3 is 0 Å². The van der Waals surface area contributed by atoms with Gasteiger partial charge in [-0.15, -0.1) is 11.3 Å². The van der Waals surface area contributed by atoms with Gasteiger partial charge in [0.05, 0.1) is 11.4 Å². The number of nitrogens with one attached hydrogen (secondary N) is 2. The van der Waals surface area contributed by atoms with Gasteiger partial charge in [-0.05, 0) is 42.1 Å². The first-order valence-electron chi connectivity index (χ1n) is 7.92. The zero-order valence-corrected chi connectivity index (χ0v) is 16.2. The first-order valence-corrected chi connectivity index (χ1v) is 10.2. The fourth-order valence-corrected chi connectivity index (χ4v) is 4.05. The molecule has 0 aliphatic carbocycles. The molecule has 0 fully saturated rings. The molecule has 0 radical (unpaired) electrons. The molecular formula is C17H21N3O4S2. The largest absolute Gasteiger partial charge is 0.355 e. The molecule has 0 aliphatic heterocycles. The van der Waals surface area contributed by atoms with E-state index in [1.54, 1.807) is 11.3 Å². The number of benzene rings is 1. The number of rotatable bonds is 8. The number of hydrogen-bond donors (Lipinski definition) is 2. The van der Waals surface area contributed by atoms with Gasteiger partial charge < -0.3 is 10.6 Å². The topological polar surface area (TPSA) is 95.6 Å². The van der Waals surface area contributed by atoms with E-state index in [2.05, 4.69) is 10.6 Å². The van der Waals surface area contributed by atoms with Crippen molar-refractivity contribution < 1.29 is 18.0 Å². The monoisotopic (exact) mass is 395 g/mol. The van der Waals surface area contributed by atoms with Crippen LogP contribution in [0.4, 0.5) is 5.69 Å². The molecule has 0 saturated heterocycles. The number of hydrogen-bond acceptors (Lipinski definition) is 5. The van der Waals surface area contributed by atoms with Crippen molar-refractivity contribution in [3.63, 3.8) is 0 Å². The molecule has 0 bridgehead atoms. The molecule has 0 spiro atoms. The van der Waals surface area contributed by atoms with Crippen LogP contribution in [0.1, 0.15) is 11.8 Å². The third-order valence-electron chi connectivity index (χ3n) is 3.52. The first-order chi connectivity index (χ1) is 12.3. The van der Waals surface area contributed by atoms with Crippen LogP contribution in [0, 0.1) is 0 Å². The lowest BCUT2D eigenvalue weighted by molar-refractivity contribution is -0.121. The van der Waals surface area contributed by atoms with Crippen molar-refractivity contribution in [3.05, 3.63) is 46.7 Å². The Balaban J connectivity index is 1.90. The summed E-state index contributed by atoms with van der Waals surface area (Å²) in [5.74, 6) is -0.598. The molecule has 2 aromatic rings. The van der Waals surface area contributed by atoms with Gasteiger partial charge in [-0.2, -0.15) is 4.31 Å². The molecule has 2 N–H and O–H groups in total. The molecule has 2 amide bonds. The molecular weight excluding hydrogens is 374 g/mol. The third kappa shape index (κ3) is 5.65. The second-order valence-corrected chi connectivity index (χ2v) is 8.72. The van der Waals surface area contributed by atoms with Gasteiger partial charge in [-0.25, -0.2) is 8.42 Å². The van der Waals surface area contributed by atoms with Gasteiger partial charge in [0.15, 0.2) is 0 Å². The predicted molar refractivity (Wildman–Crippen MR) is 102 cm³/mol. The highest BCUT2D eigenvalue weighted by molar-refractivity contribution is 7.89. The first kappa shape index (κ1) is 20.1. The molecule has 1 aromatic carbocycles. The van der Waals surface area contributed by atoms with Crippen molar-refractivity contribution in [2.24, 2.45) is 0 Å². The van der Waals surface area contributed by atoms with Gasteiger partial charge in [0.1, 0.15) is 0 Å². The van der Waals surface area contributed by atoms with Gasteiger partial charge in [0.2, 0.25) is 21.8 Å². The van der Waals surface area contributed by atoms with Gasteiger partial charge in [0, 0.05) is 31.1 Å². The van der Waals surface area contributed by atoms with E-state index in [9.17, 15) is 18.0 Å². The molecule has 9 heteroatoms. The maximum absolute atomic E-state index is 12.5. The molecule has 0 unspecified atom stereocenters. The van der Waals surface area contributed by atoms with Crippen LogP contribution in [0.25, 0.3) is 0 Å². The summed E-state index contributed by atoms with van der Waals surface area (Å²) in [7, 11) is -2.43. The van der Waals surface area contributed by atoms with E-state index in [4.69, 9.17) is 0 Å². The lowest BCUT2D eigenvalue weighted by Gasteiger charge is -2.17. The summed E-state index contributed by atoms with van der Waals surface area (Å²) in [6, 6.07) is 9.72. The van der Waals surface area contributed by atoms with Crippen LogP contribution in [0.2, 0.25) is 0 Å². The zero-order valence-electron chi connectivity index (χ0n) is 14.6. The van der Waals surface area contributed by atoms with E-state index in [0.717, 1.165) is 9.18 Å². The zero-order chi connectivity index (χ0) is 19.2. The molecule has 0 atom stereocenters. The van der Waals surface area contributed by atoms with Crippen molar-refractivity contribution in [1.29, 1.82) is 0 Å². The average molecular weight is 396 g/mol. The van der Waals surface area contributed by atoms with Crippen molar-refractivity contribution in [1.82, 2.24) is 9.62 Å². The Morgan fingerprint density at radius 3 is 2.42 bits per heavy atom. The van der Waals surface area contributed by atoms with E-state index in [1.807, 2.05) is 17.5 Å². The molecule has 1 heterocycles. The number of anilines is 1. The Hall–Kier alpha value is -2.23.